The van der Waals surface area contributed by atoms with Gasteiger partial charge < -0.3 is 10.2 Å². The van der Waals surface area contributed by atoms with Crippen molar-refractivity contribution < 1.29 is 18.0 Å². The van der Waals surface area contributed by atoms with Crippen molar-refractivity contribution in [2.24, 2.45) is 0 Å². The number of amides is 2. The van der Waals surface area contributed by atoms with E-state index in [9.17, 15) is 18.0 Å². The Hall–Kier alpha value is -2.87. The number of hydrogen-bond donors (Lipinski definition) is 1. The summed E-state index contributed by atoms with van der Waals surface area (Å²) in [4.78, 5) is 27.8. The van der Waals surface area contributed by atoms with E-state index >= 15 is 0 Å². The summed E-state index contributed by atoms with van der Waals surface area (Å²) < 4.78 is 26.3. The predicted molar refractivity (Wildman–Crippen MR) is 142 cm³/mol. The monoisotopic (exact) mass is 501 g/mol. The van der Waals surface area contributed by atoms with Crippen molar-refractivity contribution >= 4 is 27.5 Å². The van der Waals surface area contributed by atoms with E-state index in [1.54, 1.807) is 24.0 Å². The Labute approximate surface area is 210 Å². The molecule has 1 atom stereocenters. The molecule has 2 amide bonds. The lowest BCUT2D eigenvalue weighted by atomic mass is 10.1. The summed E-state index contributed by atoms with van der Waals surface area (Å²) in [6, 6.07) is 16.5. The van der Waals surface area contributed by atoms with Gasteiger partial charge in [0.15, 0.2) is 0 Å². The molecule has 0 bridgehead atoms. The standard InChI is InChI=1S/C27H39N3O4S/c1-21-13-10-11-16-24(21)30(35(6,33)34)19-12-17-25(31)29(20-18-23-14-8-7-9-15-23)22(2)26(32)28-27(3,4)5/h7-11,13-16,22H,12,17-20H2,1-6H3,(H,28,32)/t22-/m0/s1. The smallest absolute Gasteiger partial charge is 0.242 e. The highest BCUT2D eigenvalue weighted by molar-refractivity contribution is 7.92. The topological polar surface area (TPSA) is 86.8 Å². The van der Waals surface area contributed by atoms with E-state index in [0.717, 1.165) is 11.1 Å². The molecule has 0 fully saturated rings. The van der Waals surface area contributed by atoms with Gasteiger partial charge in [-0.05, 0) is 64.7 Å². The van der Waals surface area contributed by atoms with Gasteiger partial charge in [-0.1, -0.05) is 48.5 Å². The van der Waals surface area contributed by atoms with Gasteiger partial charge in [0.1, 0.15) is 6.04 Å². The summed E-state index contributed by atoms with van der Waals surface area (Å²) in [6.07, 6.45) is 2.28. The number of rotatable bonds is 11. The number of hydrogen-bond acceptors (Lipinski definition) is 4. The molecule has 0 aliphatic heterocycles. The van der Waals surface area contributed by atoms with Crippen LogP contribution in [-0.4, -0.2) is 56.1 Å². The lowest BCUT2D eigenvalue weighted by Crippen LogP contribution is -2.53. The first-order valence-electron chi connectivity index (χ1n) is 12.0. The Morgan fingerprint density at radius 2 is 1.57 bits per heavy atom. The van der Waals surface area contributed by atoms with Gasteiger partial charge in [-0.15, -0.1) is 0 Å². The molecule has 2 aromatic carbocycles. The first-order chi connectivity index (χ1) is 16.3. The number of para-hydroxylation sites is 1. The molecule has 0 aliphatic carbocycles. The number of carbonyl (C=O) groups excluding carboxylic acids is 2. The average Bonchev–Trinajstić information content (AvgIpc) is 2.76. The average molecular weight is 502 g/mol. The molecular formula is C27H39N3O4S. The minimum Gasteiger partial charge on any atom is -0.350 e. The second kappa shape index (κ2) is 12.2. The highest BCUT2D eigenvalue weighted by Crippen LogP contribution is 2.22. The van der Waals surface area contributed by atoms with E-state index in [-0.39, 0.29) is 24.8 Å². The Morgan fingerprint density at radius 1 is 0.971 bits per heavy atom. The SMILES string of the molecule is Cc1ccccc1N(CCCC(=O)N(CCc1ccccc1)[C@@H](C)C(=O)NC(C)(C)C)S(C)(=O)=O. The second-order valence-corrected chi connectivity index (χ2v) is 11.9. The maximum atomic E-state index is 13.3. The molecular weight excluding hydrogens is 462 g/mol. The fourth-order valence-electron chi connectivity index (χ4n) is 3.87. The molecule has 0 aromatic heterocycles. The molecule has 0 heterocycles. The van der Waals surface area contributed by atoms with Gasteiger partial charge in [-0.2, -0.15) is 0 Å². The summed E-state index contributed by atoms with van der Waals surface area (Å²) in [7, 11) is -3.51. The van der Waals surface area contributed by atoms with Crippen molar-refractivity contribution in [2.45, 2.75) is 65.5 Å². The van der Waals surface area contributed by atoms with Crippen molar-refractivity contribution in [3.63, 3.8) is 0 Å². The number of nitrogens with zero attached hydrogens (tertiary/aromatic N) is 2. The quantitative estimate of drug-likeness (QED) is 0.506. The normalized spacial score (nSPS) is 12.6. The van der Waals surface area contributed by atoms with Crippen LogP contribution < -0.4 is 9.62 Å². The summed E-state index contributed by atoms with van der Waals surface area (Å²) in [5.41, 5.74) is 2.13. The zero-order chi connectivity index (χ0) is 26.2. The van der Waals surface area contributed by atoms with Crippen LogP contribution in [0.3, 0.4) is 0 Å². The fourth-order valence-corrected chi connectivity index (χ4v) is 4.89. The number of nitrogens with one attached hydrogen (secondary N) is 1. The van der Waals surface area contributed by atoms with Crippen LogP contribution in [-0.2, 0) is 26.0 Å². The van der Waals surface area contributed by atoms with Crippen molar-refractivity contribution in [3.8, 4) is 0 Å². The first kappa shape index (κ1) is 28.4. The zero-order valence-electron chi connectivity index (χ0n) is 21.7. The molecule has 1 N–H and O–H groups in total. The Kier molecular flexibility index (Phi) is 9.89. The van der Waals surface area contributed by atoms with Crippen LogP contribution in [0.5, 0.6) is 0 Å². The molecule has 7 nitrogen and oxygen atoms in total. The summed E-state index contributed by atoms with van der Waals surface area (Å²) >= 11 is 0. The van der Waals surface area contributed by atoms with Crippen LogP contribution in [0, 0.1) is 6.92 Å². The van der Waals surface area contributed by atoms with E-state index in [4.69, 9.17) is 0 Å². The predicted octanol–water partition coefficient (Wildman–Crippen LogP) is 3.92. The fraction of sp³-hybridized carbons (Fsp3) is 0.481. The minimum absolute atomic E-state index is 0.139. The number of anilines is 1. The molecule has 0 radical (unpaired) electrons. The maximum absolute atomic E-state index is 13.3. The number of aryl methyl sites for hydroxylation is 1. The van der Waals surface area contributed by atoms with E-state index in [2.05, 4.69) is 5.32 Å². The Bertz CT molecular complexity index is 1090. The molecule has 0 saturated heterocycles. The minimum atomic E-state index is -3.51. The molecule has 192 valence electrons. The molecule has 0 unspecified atom stereocenters. The number of carbonyl (C=O) groups is 2. The van der Waals surface area contributed by atoms with E-state index < -0.39 is 21.6 Å². The number of sulfonamides is 1. The molecule has 35 heavy (non-hydrogen) atoms. The van der Waals surface area contributed by atoms with Crippen LogP contribution in [0.15, 0.2) is 54.6 Å². The third-order valence-electron chi connectivity index (χ3n) is 5.69. The number of benzene rings is 2. The van der Waals surface area contributed by atoms with Crippen LogP contribution in [0.4, 0.5) is 5.69 Å². The van der Waals surface area contributed by atoms with Gasteiger partial charge in [0.25, 0.3) is 0 Å². The molecule has 2 aromatic rings. The molecule has 2 rings (SSSR count). The van der Waals surface area contributed by atoms with E-state index in [0.29, 0.717) is 25.1 Å². The van der Waals surface area contributed by atoms with Gasteiger partial charge >= 0.3 is 0 Å². The van der Waals surface area contributed by atoms with Crippen LogP contribution in [0.2, 0.25) is 0 Å². The van der Waals surface area contributed by atoms with Gasteiger partial charge in [0.2, 0.25) is 21.8 Å². The Morgan fingerprint density at radius 3 is 2.14 bits per heavy atom. The van der Waals surface area contributed by atoms with Crippen molar-refractivity contribution in [1.82, 2.24) is 10.2 Å². The van der Waals surface area contributed by atoms with Gasteiger partial charge in [-0.25, -0.2) is 8.42 Å². The van der Waals surface area contributed by atoms with Crippen molar-refractivity contribution in [2.75, 3.05) is 23.7 Å². The lowest BCUT2D eigenvalue weighted by molar-refractivity contribution is -0.140. The van der Waals surface area contributed by atoms with Gasteiger partial charge in [0, 0.05) is 25.0 Å². The summed E-state index contributed by atoms with van der Waals surface area (Å²) in [5.74, 6) is -0.382. The third-order valence-corrected chi connectivity index (χ3v) is 6.87. The lowest BCUT2D eigenvalue weighted by Gasteiger charge is -2.32. The third kappa shape index (κ3) is 9.02. The second-order valence-electron chi connectivity index (χ2n) is 9.96. The highest BCUT2D eigenvalue weighted by Gasteiger charge is 2.28. The van der Waals surface area contributed by atoms with Gasteiger partial charge in [0.05, 0.1) is 11.9 Å². The van der Waals surface area contributed by atoms with Crippen LogP contribution in [0.25, 0.3) is 0 Å². The first-order valence-corrected chi connectivity index (χ1v) is 13.8. The molecule has 8 heteroatoms. The summed E-state index contributed by atoms with van der Waals surface area (Å²) in [6.45, 7) is 9.89. The van der Waals surface area contributed by atoms with Crippen molar-refractivity contribution in [1.29, 1.82) is 0 Å². The van der Waals surface area contributed by atoms with Crippen molar-refractivity contribution in [3.05, 3.63) is 65.7 Å². The van der Waals surface area contributed by atoms with E-state index in [1.165, 1.54) is 10.6 Å². The summed E-state index contributed by atoms with van der Waals surface area (Å²) in [5, 5.41) is 2.95. The van der Waals surface area contributed by atoms with Crippen LogP contribution >= 0.6 is 0 Å². The molecule has 0 saturated carbocycles. The van der Waals surface area contributed by atoms with E-state index in [1.807, 2.05) is 70.2 Å². The molecule has 0 aliphatic rings. The highest BCUT2D eigenvalue weighted by atomic mass is 32.2. The Balaban J connectivity index is 2.14. The maximum Gasteiger partial charge on any atom is 0.242 e. The largest absolute Gasteiger partial charge is 0.350 e. The zero-order valence-corrected chi connectivity index (χ0v) is 22.6. The van der Waals surface area contributed by atoms with Crippen LogP contribution in [0.1, 0.15) is 51.7 Å². The molecule has 0 spiro atoms. The van der Waals surface area contributed by atoms with Gasteiger partial charge in [-0.3, -0.25) is 13.9 Å².